The summed E-state index contributed by atoms with van der Waals surface area (Å²) in [6.45, 7) is 4.31. The third-order valence-corrected chi connectivity index (χ3v) is 4.15. The smallest absolute Gasteiger partial charge is 0.0807 e. The van der Waals surface area contributed by atoms with E-state index >= 15 is 0 Å². The van der Waals surface area contributed by atoms with Gasteiger partial charge in [-0.15, -0.1) is 0 Å². The molecule has 1 aromatic carbocycles. The number of hydrogen-bond donors (Lipinski definition) is 1. The number of aliphatic hydroxyl groups is 1. The molecule has 1 unspecified atom stereocenters. The van der Waals surface area contributed by atoms with Crippen LogP contribution >= 0.6 is 0 Å². The average Bonchev–Trinajstić information content (AvgIpc) is 2.77. The molecular formula is C17H21NO. The van der Waals surface area contributed by atoms with Gasteiger partial charge in [0.2, 0.25) is 0 Å². The Labute approximate surface area is 114 Å². The first-order valence-corrected chi connectivity index (χ1v) is 7.19. The van der Waals surface area contributed by atoms with Crippen LogP contribution in [0.1, 0.15) is 48.4 Å². The molecule has 1 aliphatic carbocycles. The van der Waals surface area contributed by atoms with Crippen LogP contribution in [0.15, 0.2) is 30.3 Å². The number of hydrogen-bond acceptors (Lipinski definition) is 1. The maximum absolute atomic E-state index is 10.1. The van der Waals surface area contributed by atoms with E-state index in [4.69, 9.17) is 0 Å². The van der Waals surface area contributed by atoms with Crippen molar-refractivity contribution in [3.63, 3.8) is 0 Å². The van der Waals surface area contributed by atoms with Gasteiger partial charge in [0.1, 0.15) is 0 Å². The first kappa shape index (κ1) is 12.5. The summed E-state index contributed by atoms with van der Waals surface area (Å²) < 4.78 is 2.32. The summed E-state index contributed by atoms with van der Waals surface area (Å²) in [7, 11) is 0. The Kier molecular flexibility index (Phi) is 3.19. The van der Waals surface area contributed by atoms with E-state index in [0.717, 1.165) is 31.2 Å². The molecule has 1 atom stereocenters. The summed E-state index contributed by atoms with van der Waals surface area (Å²) in [5.41, 5.74) is 6.23. The molecule has 1 aromatic heterocycles. The second-order valence-electron chi connectivity index (χ2n) is 5.45. The first-order valence-electron chi connectivity index (χ1n) is 7.19. The molecule has 2 nitrogen and oxygen atoms in total. The molecule has 1 aliphatic rings. The third-order valence-electron chi connectivity index (χ3n) is 4.15. The zero-order valence-corrected chi connectivity index (χ0v) is 11.7. The van der Waals surface area contributed by atoms with Gasteiger partial charge >= 0.3 is 0 Å². The van der Waals surface area contributed by atoms with Gasteiger partial charge in [-0.05, 0) is 56.4 Å². The minimum atomic E-state index is -0.280. The normalized spacial score (nSPS) is 18.4. The lowest BCUT2D eigenvalue weighted by atomic mass is 9.95. The third kappa shape index (κ3) is 2.10. The Hall–Kier alpha value is -1.54. The topological polar surface area (TPSA) is 25.2 Å². The Morgan fingerprint density at radius 1 is 1.32 bits per heavy atom. The molecule has 0 fully saturated rings. The number of rotatable bonds is 2. The van der Waals surface area contributed by atoms with Gasteiger partial charge in [-0.3, -0.25) is 0 Å². The molecule has 1 N–H and O–H groups in total. The maximum Gasteiger partial charge on any atom is 0.0807 e. The van der Waals surface area contributed by atoms with Gasteiger partial charge < -0.3 is 9.67 Å². The standard InChI is InChI=1S/C17H21NO/c1-3-13-6-4-7-14(11-13)18-12(2)10-15-16(18)8-5-9-17(15)19/h4,6-7,10-11,17,19H,3,5,8-9H2,1-2H3. The van der Waals surface area contributed by atoms with E-state index in [1.807, 2.05) is 0 Å². The molecular weight excluding hydrogens is 234 g/mol. The molecule has 2 heteroatoms. The summed E-state index contributed by atoms with van der Waals surface area (Å²) in [6.07, 6.45) is 3.81. The van der Waals surface area contributed by atoms with Crippen molar-refractivity contribution in [3.8, 4) is 5.69 Å². The van der Waals surface area contributed by atoms with Crippen LogP contribution in [0.5, 0.6) is 0 Å². The minimum absolute atomic E-state index is 0.280. The van der Waals surface area contributed by atoms with Crippen LogP contribution in [-0.2, 0) is 12.8 Å². The van der Waals surface area contributed by atoms with Crippen molar-refractivity contribution >= 4 is 0 Å². The SMILES string of the molecule is CCc1cccc(-n2c(C)cc3c2CCCC3O)c1. The van der Waals surface area contributed by atoms with Gasteiger partial charge in [0, 0.05) is 22.6 Å². The number of aliphatic hydroxyl groups excluding tert-OH is 1. The average molecular weight is 255 g/mol. The highest BCUT2D eigenvalue weighted by Crippen LogP contribution is 2.34. The van der Waals surface area contributed by atoms with Crippen LogP contribution in [0.2, 0.25) is 0 Å². The zero-order chi connectivity index (χ0) is 13.4. The van der Waals surface area contributed by atoms with E-state index in [-0.39, 0.29) is 6.10 Å². The monoisotopic (exact) mass is 255 g/mol. The molecule has 0 bridgehead atoms. The lowest BCUT2D eigenvalue weighted by molar-refractivity contribution is 0.156. The van der Waals surface area contributed by atoms with Crippen molar-refractivity contribution in [2.75, 3.05) is 0 Å². The van der Waals surface area contributed by atoms with E-state index in [9.17, 15) is 5.11 Å². The fourth-order valence-corrected chi connectivity index (χ4v) is 3.15. The second kappa shape index (κ2) is 4.86. The van der Waals surface area contributed by atoms with Crippen LogP contribution in [0, 0.1) is 6.92 Å². The Morgan fingerprint density at radius 2 is 2.16 bits per heavy atom. The van der Waals surface area contributed by atoms with Gasteiger partial charge in [0.15, 0.2) is 0 Å². The Morgan fingerprint density at radius 3 is 2.95 bits per heavy atom. The van der Waals surface area contributed by atoms with E-state index in [2.05, 4.69) is 48.7 Å². The predicted molar refractivity (Wildman–Crippen MR) is 77.8 cm³/mol. The molecule has 0 saturated carbocycles. The van der Waals surface area contributed by atoms with Crippen LogP contribution in [-0.4, -0.2) is 9.67 Å². The van der Waals surface area contributed by atoms with Crippen molar-refractivity contribution in [1.29, 1.82) is 0 Å². The number of benzene rings is 1. The summed E-state index contributed by atoms with van der Waals surface area (Å²) >= 11 is 0. The van der Waals surface area contributed by atoms with E-state index in [1.54, 1.807) is 0 Å². The number of aromatic nitrogens is 1. The van der Waals surface area contributed by atoms with Gasteiger partial charge in [-0.25, -0.2) is 0 Å². The van der Waals surface area contributed by atoms with Crippen molar-refractivity contribution in [1.82, 2.24) is 4.57 Å². The van der Waals surface area contributed by atoms with Crippen molar-refractivity contribution in [2.24, 2.45) is 0 Å². The zero-order valence-electron chi connectivity index (χ0n) is 11.7. The largest absolute Gasteiger partial charge is 0.388 e. The minimum Gasteiger partial charge on any atom is -0.388 e. The number of fused-ring (bicyclic) bond motifs is 1. The van der Waals surface area contributed by atoms with Crippen LogP contribution in [0.4, 0.5) is 0 Å². The molecule has 3 rings (SSSR count). The van der Waals surface area contributed by atoms with Gasteiger partial charge in [-0.2, -0.15) is 0 Å². The molecule has 0 amide bonds. The number of nitrogens with zero attached hydrogens (tertiary/aromatic N) is 1. The van der Waals surface area contributed by atoms with Gasteiger partial charge in [-0.1, -0.05) is 19.1 Å². The summed E-state index contributed by atoms with van der Waals surface area (Å²) in [4.78, 5) is 0. The Balaban J connectivity index is 2.14. The molecule has 100 valence electrons. The number of aryl methyl sites for hydroxylation is 2. The van der Waals surface area contributed by atoms with Crippen LogP contribution in [0.25, 0.3) is 5.69 Å². The molecule has 19 heavy (non-hydrogen) atoms. The fraction of sp³-hybridized carbons (Fsp3) is 0.412. The molecule has 0 saturated heterocycles. The molecule has 0 radical (unpaired) electrons. The van der Waals surface area contributed by atoms with Crippen LogP contribution in [0.3, 0.4) is 0 Å². The molecule has 2 aromatic rings. The molecule has 1 heterocycles. The fourth-order valence-electron chi connectivity index (χ4n) is 3.15. The highest BCUT2D eigenvalue weighted by atomic mass is 16.3. The van der Waals surface area contributed by atoms with Gasteiger partial charge in [0.05, 0.1) is 6.10 Å². The van der Waals surface area contributed by atoms with Crippen molar-refractivity contribution in [3.05, 3.63) is 52.8 Å². The Bertz CT molecular complexity index is 597. The summed E-state index contributed by atoms with van der Waals surface area (Å²) in [5.74, 6) is 0. The lowest BCUT2D eigenvalue weighted by Crippen LogP contribution is -2.11. The quantitative estimate of drug-likeness (QED) is 0.869. The summed E-state index contributed by atoms with van der Waals surface area (Å²) in [5, 5.41) is 10.1. The first-order chi connectivity index (χ1) is 9.20. The highest BCUT2D eigenvalue weighted by Gasteiger charge is 2.23. The van der Waals surface area contributed by atoms with Crippen LogP contribution < -0.4 is 0 Å². The highest BCUT2D eigenvalue weighted by molar-refractivity contribution is 5.44. The summed E-state index contributed by atoms with van der Waals surface area (Å²) in [6, 6.07) is 10.9. The van der Waals surface area contributed by atoms with Crippen molar-refractivity contribution < 1.29 is 5.11 Å². The lowest BCUT2D eigenvalue weighted by Gasteiger charge is -2.20. The molecule has 0 aliphatic heterocycles. The van der Waals surface area contributed by atoms with E-state index in [1.165, 1.54) is 22.6 Å². The maximum atomic E-state index is 10.1. The van der Waals surface area contributed by atoms with Gasteiger partial charge in [0.25, 0.3) is 0 Å². The predicted octanol–water partition coefficient (Wildman–Crippen LogP) is 3.72. The van der Waals surface area contributed by atoms with E-state index < -0.39 is 0 Å². The second-order valence-corrected chi connectivity index (χ2v) is 5.45. The molecule has 0 spiro atoms. The van der Waals surface area contributed by atoms with E-state index in [0.29, 0.717) is 0 Å². The van der Waals surface area contributed by atoms with Crippen molar-refractivity contribution in [2.45, 2.75) is 45.6 Å².